The molecular weight excluding hydrogens is 241 g/mol. The van der Waals surface area contributed by atoms with Crippen LogP contribution >= 0.6 is 0 Å². The number of nitrogens with one attached hydrogen (secondary N) is 1. The number of aliphatic hydroxyl groups is 1. The molecule has 0 heterocycles. The van der Waals surface area contributed by atoms with Crippen LogP contribution in [0.15, 0.2) is 24.3 Å². The standard InChI is InChI=1S/C16H24FNO/c1-12(13-7-3-2-4-8-13)18-11-16(19)14-9-5-6-10-15(14)17/h5-6,9-10,12-13,16,18-19H,2-4,7-8,11H2,1H3. The smallest absolute Gasteiger partial charge is 0.129 e. The topological polar surface area (TPSA) is 32.3 Å². The van der Waals surface area contributed by atoms with Gasteiger partial charge in [0.05, 0.1) is 6.10 Å². The quantitative estimate of drug-likeness (QED) is 0.855. The molecule has 0 aromatic heterocycles. The summed E-state index contributed by atoms with van der Waals surface area (Å²) >= 11 is 0. The van der Waals surface area contributed by atoms with E-state index in [1.165, 1.54) is 38.2 Å². The van der Waals surface area contributed by atoms with Crippen LogP contribution in [0.25, 0.3) is 0 Å². The molecule has 1 aromatic carbocycles. The van der Waals surface area contributed by atoms with Crippen molar-refractivity contribution in [1.29, 1.82) is 0 Å². The first kappa shape index (κ1) is 14.5. The molecule has 3 heteroatoms. The van der Waals surface area contributed by atoms with Crippen molar-refractivity contribution in [3.05, 3.63) is 35.6 Å². The molecule has 1 fully saturated rings. The molecule has 1 aliphatic rings. The van der Waals surface area contributed by atoms with Crippen molar-refractivity contribution in [2.45, 2.75) is 51.2 Å². The largest absolute Gasteiger partial charge is 0.387 e. The van der Waals surface area contributed by atoms with Gasteiger partial charge in [-0.25, -0.2) is 4.39 Å². The molecule has 2 atom stereocenters. The van der Waals surface area contributed by atoms with E-state index in [1.807, 2.05) is 0 Å². The Morgan fingerprint density at radius 1 is 1.26 bits per heavy atom. The summed E-state index contributed by atoms with van der Waals surface area (Å²) in [5, 5.41) is 13.4. The van der Waals surface area contributed by atoms with Crippen LogP contribution in [-0.2, 0) is 0 Å². The lowest BCUT2D eigenvalue weighted by atomic mass is 9.84. The van der Waals surface area contributed by atoms with Crippen LogP contribution in [0.3, 0.4) is 0 Å². The molecule has 0 amide bonds. The van der Waals surface area contributed by atoms with Crippen molar-refractivity contribution >= 4 is 0 Å². The second kappa shape index (κ2) is 7.01. The Balaban J connectivity index is 1.82. The molecule has 19 heavy (non-hydrogen) atoms. The van der Waals surface area contributed by atoms with Crippen LogP contribution in [-0.4, -0.2) is 17.7 Å². The van der Waals surface area contributed by atoms with Crippen LogP contribution in [0, 0.1) is 11.7 Å². The second-order valence-electron chi connectivity index (χ2n) is 5.63. The van der Waals surface area contributed by atoms with E-state index in [-0.39, 0.29) is 5.82 Å². The molecule has 0 spiro atoms. The van der Waals surface area contributed by atoms with Gasteiger partial charge in [0, 0.05) is 18.2 Å². The maximum absolute atomic E-state index is 13.5. The molecule has 1 aromatic rings. The number of hydrogen-bond donors (Lipinski definition) is 2. The van der Waals surface area contributed by atoms with E-state index < -0.39 is 6.10 Å². The van der Waals surface area contributed by atoms with Crippen molar-refractivity contribution in [2.24, 2.45) is 5.92 Å². The average molecular weight is 265 g/mol. The van der Waals surface area contributed by atoms with E-state index in [0.29, 0.717) is 24.1 Å². The SMILES string of the molecule is CC(NCC(O)c1ccccc1F)C1CCCCC1. The van der Waals surface area contributed by atoms with Crippen molar-refractivity contribution in [3.8, 4) is 0 Å². The number of rotatable bonds is 5. The van der Waals surface area contributed by atoms with Gasteiger partial charge in [0.2, 0.25) is 0 Å². The van der Waals surface area contributed by atoms with Crippen LogP contribution in [0.5, 0.6) is 0 Å². The number of halogens is 1. The van der Waals surface area contributed by atoms with E-state index in [1.54, 1.807) is 18.2 Å². The van der Waals surface area contributed by atoms with Crippen molar-refractivity contribution in [2.75, 3.05) is 6.54 Å². The molecule has 106 valence electrons. The Morgan fingerprint density at radius 3 is 2.63 bits per heavy atom. The summed E-state index contributed by atoms with van der Waals surface area (Å²) in [5.41, 5.74) is 0.380. The monoisotopic (exact) mass is 265 g/mol. The maximum Gasteiger partial charge on any atom is 0.129 e. The third kappa shape index (κ3) is 4.02. The third-order valence-corrected chi connectivity index (χ3v) is 4.25. The molecule has 1 saturated carbocycles. The Bertz CT molecular complexity index is 390. The van der Waals surface area contributed by atoms with Crippen molar-refractivity contribution in [1.82, 2.24) is 5.32 Å². The molecule has 2 unspecified atom stereocenters. The summed E-state index contributed by atoms with van der Waals surface area (Å²) in [6, 6.07) is 6.83. The zero-order valence-corrected chi connectivity index (χ0v) is 11.6. The zero-order chi connectivity index (χ0) is 13.7. The molecule has 1 aliphatic carbocycles. The molecule has 2 N–H and O–H groups in total. The Hall–Kier alpha value is -0.930. The highest BCUT2D eigenvalue weighted by molar-refractivity contribution is 5.20. The lowest BCUT2D eigenvalue weighted by molar-refractivity contribution is 0.157. The lowest BCUT2D eigenvalue weighted by Gasteiger charge is -2.29. The van der Waals surface area contributed by atoms with Gasteiger partial charge in [-0.2, -0.15) is 0 Å². The Labute approximate surface area is 115 Å². The van der Waals surface area contributed by atoms with Crippen LogP contribution in [0.1, 0.15) is 50.7 Å². The lowest BCUT2D eigenvalue weighted by Crippen LogP contribution is -2.37. The summed E-state index contributed by atoms with van der Waals surface area (Å²) < 4.78 is 13.5. The van der Waals surface area contributed by atoms with E-state index in [0.717, 1.165) is 0 Å². The van der Waals surface area contributed by atoms with E-state index in [4.69, 9.17) is 0 Å². The fourth-order valence-corrected chi connectivity index (χ4v) is 2.95. The van der Waals surface area contributed by atoms with Gasteiger partial charge in [0.1, 0.15) is 5.82 Å². The summed E-state index contributed by atoms with van der Waals surface area (Å²) in [7, 11) is 0. The minimum Gasteiger partial charge on any atom is -0.387 e. The molecule has 2 rings (SSSR count). The summed E-state index contributed by atoms with van der Waals surface area (Å²) in [5.74, 6) is 0.365. The zero-order valence-electron chi connectivity index (χ0n) is 11.6. The van der Waals surface area contributed by atoms with Gasteiger partial charge in [0.15, 0.2) is 0 Å². The third-order valence-electron chi connectivity index (χ3n) is 4.25. The van der Waals surface area contributed by atoms with Gasteiger partial charge < -0.3 is 10.4 Å². The molecule has 0 bridgehead atoms. The van der Waals surface area contributed by atoms with Gasteiger partial charge in [-0.15, -0.1) is 0 Å². The Morgan fingerprint density at radius 2 is 1.95 bits per heavy atom. The highest BCUT2D eigenvalue weighted by Gasteiger charge is 2.21. The van der Waals surface area contributed by atoms with Crippen molar-refractivity contribution < 1.29 is 9.50 Å². The normalized spacial score (nSPS) is 20.2. The minimum atomic E-state index is -0.771. The number of aliphatic hydroxyl groups excluding tert-OH is 1. The summed E-state index contributed by atoms with van der Waals surface area (Å²) in [4.78, 5) is 0. The predicted molar refractivity (Wildman–Crippen MR) is 75.4 cm³/mol. The molecule has 0 saturated heterocycles. The van der Waals surface area contributed by atoms with Gasteiger partial charge >= 0.3 is 0 Å². The van der Waals surface area contributed by atoms with Gasteiger partial charge in [0.25, 0.3) is 0 Å². The van der Waals surface area contributed by atoms with E-state index in [2.05, 4.69) is 12.2 Å². The van der Waals surface area contributed by atoms with Gasteiger partial charge in [-0.3, -0.25) is 0 Å². The summed E-state index contributed by atoms with van der Waals surface area (Å²) in [6.07, 6.45) is 5.74. The van der Waals surface area contributed by atoms with E-state index >= 15 is 0 Å². The first-order chi connectivity index (χ1) is 9.18. The fraction of sp³-hybridized carbons (Fsp3) is 0.625. The average Bonchev–Trinajstić information content (AvgIpc) is 2.46. The summed E-state index contributed by atoms with van der Waals surface area (Å²) in [6.45, 7) is 2.59. The molecule has 0 radical (unpaired) electrons. The first-order valence-corrected chi connectivity index (χ1v) is 7.34. The van der Waals surface area contributed by atoms with E-state index in [9.17, 15) is 9.50 Å². The fourth-order valence-electron chi connectivity index (χ4n) is 2.95. The van der Waals surface area contributed by atoms with Crippen LogP contribution in [0.4, 0.5) is 4.39 Å². The highest BCUT2D eigenvalue weighted by atomic mass is 19.1. The highest BCUT2D eigenvalue weighted by Crippen LogP contribution is 2.26. The van der Waals surface area contributed by atoms with Gasteiger partial charge in [-0.05, 0) is 31.7 Å². The minimum absolute atomic E-state index is 0.331. The van der Waals surface area contributed by atoms with Crippen LogP contribution in [0.2, 0.25) is 0 Å². The Kier molecular flexibility index (Phi) is 5.34. The molecule has 2 nitrogen and oxygen atoms in total. The number of benzene rings is 1. The predicted octanol–water partition coefficient (Wildman–Crippen LogP) is 3.42. The van der Waals surface area contributed by atoms with Crippen molar-refractivity contribution in [3.63, 3.8) is 0 Å². The van der Waals surface area contributed by atoms with Gasteiger partial charge in [-0.1, -0.05) is 37.5 Å². The molecule has 0 aliphatic heterocycles. The second-order valence-corrected chi connectivity index (χ2v) is 5.63. The number of hydrogen-bond acceptors (Lipinski definition) is 2. The first-order valence-electron chi connectivity index (χ1n) is 7.34. The molecular formula is C16H24FNO. The van der Waals surface area contributed by atoms with Crippen LogP contribution < -0.4 is 5.32 Å². The maximum atomic E-state index is 13.5.